The van der Waals surface area contributed by atoms with Crippen LogP contribution in [0.5, 0.6) is 0 Å². The van der Waals surface area contributed by atoms with Crippen molar-refractivity contribution in [1.82, 2.24) is 0 Å². The molecule has 0 heterocycles. The molecule has 13 heavy (non-hydrogen) atoms. The minimum absolute atomic E-state index is 0.344. The third-order valence-corrected chi connectivity index (χ3v) is 1.84. The Labute approximate surface area is 81.5 Å². The molecule has 0 bridgehead atoms. The van der Waals surface area contributed by atoms with Gasteiger partial charge < -0.3 is 5.11 Å². The molecule has 0 amide bonds. The van der Waals surface area contributed by atoms with Crippen LogP contribution in [-0.2, 0) is 0 Å². The number of aliphatic hydroxyl groups is 1. The van der Waals surface area contributed by atoms with Gasteiger partial charge in [0.15, 0.2) is 0 Å². The van der Waals surface area contributed by atoms with Crippen LogP contribution in [-0.4, -0.2) is 11.2 Å². The van der Waals surface area contributed by atoms with Crippen molar-refractivity contribution >= 4 is 17.7 Å². The van der Waals surface area contributed by atoms with Gasteiger partial charge in [-0.25, -0.2) is 4.39 Å². The fraction of sp³-hybridized carbons (Fsp3) is 0.200. The van der Waals surface area contributed by atoms with Crippen molar-refractivity contribution in [1.29, 1.82) is 0 Å². The maximum absolute atomic E-state index is 12.6. The van der Waals surface area contributed by atoms with Gasteiger partial charge in [-0.2, -0.15) is 0 Å². The molecule has 0 aliphatic rings. The third kappa shape index (κ3) is 3.17. The zero-order chi connectivity index (χ0) is 9.84. The Morgan fingerprint density at radius 1 is 1.54 bits per heavy atom. The Kier molecular flexibility index (Phi) is 3.46. The van der Waals surface area contributed by atoms with Gasteiger partial charge in [-0.15, -0.1) is 0 Å². The van der Waals surface area contributed by atoms with Crippen LogP contribution in [0.3, 0.4) is 0 Å². The number of aliphatic hydroxyl groups excluding tert-OH is 1. The maximum Gasteiger partial charge on any atom is 0.124 e. The monoisotopic (exact) mass is 200 g/mol. The van der Waals surface area contributed by atoms with Crippen LogP contribution < -0.4 is 0 Å². The Hall–Kier alpha value is -0.860. The summed E-state index contributed by atoms with van der Waals surface area (Å²) in [6.07, 6.45) is 2.71. The Balaban J connectivity index is 2.90. The summed E-state index contributed by atoms with van der Waals surface area (Å²) in [6, 6.07) is 4.13. The highest BCUT2D eigenvalue weighted by atomic mass is 35.5. The van der Waals surface area contributed by atoms with E-state index in [0.29, 0.717) is 10.6 Å². The largest absolute Gasteiger partial charge is 0.389 e. The summed E-state index contributed by atoms with van der Waals surface area (Å²) in [5.41, 5.74) is 0.698. The molecular weight excluding hydrogens is 191 g/mol. The molecule has 0 aliphatic carbocycles. The molecule has 0 saturated heterocycles. The van der Waals surface area contributed by atoms with E-state index in [2.05, 4.69) is 0 Å². The van der Waals surface area contributed by atoms with E-state index in [1.807, 2.05) is 0 Å². The van der Waals surface area contributed by atoms with Crippen LogP contribution in [0.15, 0.2) is 24.3 Å². The second kappa shape index (κ2) is 4.40. The lowest BCUT2D eigenvalue weighted by Gasteiger charge is -1.98. The van der Waals surface area contributed by atoms with E-state index in [9.17, 15) is 4.39 Å². The topological polar surface area (TPSA) is 20.2 Å². The standard InChI is InChI=1S/C10H10ClFO/c1-7(13)2-3-8-4-5-9(12)6-10(8)11/h2-7,13H,1H3/b3-2+. The molecule has 0 aromatic heterocycles. The highest BCUT2D eigenvalue weighted by Crippen LogP contribution is 2.18. The fourth-order valence-electron chi connectivity index (χ4n) is 0.880. The normalized spacial score (nSPS) is 13.5. The minimum atomic E-state index is -0.527. The highest BCUT2D eigenvalue weighted by Gasteiger charge is 1.98. The fourth-order valence-corrected chi connectivity index (χ4v) is 1.11. The lowest BCUT2D eigenvalue weighted by atomic mass is 10.2. The van der Waals surface area contributed by atoms with E-state index in [4.69, 9.17) is 16.7 Å². The molecular formula is C10H10ClFO. The maximum atomic E-state index is 12.6. The lowest BCUT2D eigenvalue weighted by molar-refractivity contribution is 0.245. The first kappa shape index (κ1) is 10.2. The molecule has 1 nitrogen and oxygen atoms in total. The summed E-state index contributed by atoms with van der Waals surface area (Å²) >= 11 is 5.74. The van der Waals surface area contributed by atoms with Crippen molar-refractivity contribution in [2.24, 2.45) is 0 Å². The van der Waals surface area contributed by atoms with Crippen molar-refractivity contribution in [2.75, 3.05) is 0 Å². The first-order valence-corrected chi connectivity index (χ1v) is 4.28. The summed E-state index contributed by atoms with van der Waals surface area (Å²) in [7, 11) is 0. The Morgan fingerprint density at radius 2 is 2.23 bits per heavy atom. The molecule has 3 heteroatoms. The molecule has 0 fully saturated rings. The number of rotatable bonds is 2. The number of halogens is 2. The quantitative estimate of drug-likeness (QED) is 0.779. The second-order valence-electron chi connectivity index (χ2n) is 2.77. The predicted octanol–water partition coefficient (Wildman–Crippen LogP) is 2.87. The zero-order valence-electron chi connectivity index (χ0n) is 7.17. The molecule has 1 rings (SSSR count). The van der Waals surface area contributed by atoms with Gasteiger partial charge in [0.25, 0.3) is 0 Å². The summed E-state index contributed by atoms with van der Waals surface area (Å²) in [5.74, 6) is -0.362. The first-order valence-electron chi connectivity index (χ1n) is 3.91. The molecule has 1 unspecified atom stereocenters. The summed E-state index contributed by atoms with van der Waals surface area (Å²) in [5, 5.41) is 9.30. The molecule has 0 aliphatic heterocycles. The van der Waals surface area contributed by atoms with Crippen LogP contribution in [0.25, 0.3) is 6.08 Å². The molecule has 1 aromatic carbocycles. The van der Waals surface area contributed by atoms with E-state index in [0.717, 1.165) is 0 Å². The number of hydrogen-bond acceptors (Lipinski definition) is 1. The van der Waals surface area contributed by atoms with Gasteiger partial charge in [0.2, 0.25) is 0 Å². The first-order chi connectivity index (χ1) is 6.09. The van der Waals surface area contributed by atoms with Crippen molar-refractivity contribution in [3.8, 4) is 0 Å². The van der Waals surface area contributed by atoms with E-state index in [1.54, 1.807) is 25.1 Å². The van der Waals surface area contributed by atoms with Crippen LogP contribution >= 0.6 is 11.6 Å². The van der Waals surface area contributed by atoms with Crippen LogP contribution in [0.2, 0.25) is 5.02 Å². The van der Waals surface area contributed by atoms with Crippen LogP contribution in [0.4, 0.5) is 4.39 Å². The molecule has 0 radical (unpaired) electrons. The summed E-state index contributed by atoms with van der Waals surface area (Å²) in [4.78, 5) is 0. The van der Waals surface area contributed by atoms with E-state index >= 15 is 0 Å². The average molecular weight is 201 g/mol. The van der Waals surface area contributed by atoms with Crippen molar-refractivity contribution in [3.63, 3.8) is 0 Å². The molecule has 0 saturated carbocycles. The van der Waals surface area contributed by atoms with Gasteiger partial charge in [-0.3, -0.25) is 0 Å². The van der Waals surface area contributed by atoms with Crippen molar-refractivity contribution < 1.29 is 9.50 Å². The van der Waals surface area contributed by atoms with Crippen molar-refractivity contribution in [2.45, 2.75) is 13.0 Å². The molecule has 1 N–H and O–H groups in total. The highest BCUT2D eigenvalue weighted by molar-refractivity contribution is 6.32. The van der Waals surface area contributed by atoms with E-state index in [1.165, 1.54) is 12.1 Å². The molecule has 0 spiro atoms. The van der Waals surface area contributed by atoms with Gasteiger partial charge in [0, 0.05) is 0 Å². The average Bonchev–Trinajstić information content (AvgIpc) is 2.02. The van der Waals surface area contributed by atoms with Crippen molar-refractivity contribution in [3.05, 3.63) is 40.7 Å². The molecule has 1 atom stereocenters. The van der Waals surface area contributed by atoms with Gasteiger partial charge in [-0.05, 0) is 24.6 Å². The SMILES string of the molecule is CC(O)/C=C/c1ccc(F)cc1Cl. The van der Waals surface area contributed by atoms with E-state index in [-0.39, 0.29) is 5.82 Å². The Morgan fingerprint density at radius 3 is 2.77 bits per heavy atom. The predicted molar refractivity (Wildman–Crippen MR) is 52.1 cm³/mol. The lowest BCUT2D eigenvalue weighted by Crippen LogP contribution is -1.91. The number of hydrogen-bond donors (Lipinski definition) is 1. The zero-order valence-corrected chi connectivity index (χ0v) is 7.92. The van der Waals surface area contributed by atoms with Crippen LogP contribution in [0.1, 0.15) is 12.5 Å². The minimum Gasteiger partial charge on any atom is -0.389 e. The summed E-state index contributed by atoms with van der Waals surface area (Å²) < 4.78 is 12.6. The number of benzene rings is 1. The third-order valence-electron chi connectivity index (χ3n) is 1.52. The van der Waals surface area contributed by atoms with Crippen LogP contribution in [0, 0.1) is 5.82 Å². The van der Waals surface area contributed by atoms with Gasteiger partial charge in [0.1, 0.15) is 5.82 Å². The van der Waals surface area contributed by atoms with E-state index < -0.39 is 6.10 Å². The second-order valence-corrected chi connectivity index (χ2v) is 3.17. The van der Waals surface area contributed by atoms with Gasteiger partial charge in [0.05, 0.1) is 11.1 Å². The Bertz CT molecular complexity index is 321. The summed E-state index contributed by atoms with van der Waals surface area (Å²) in [6.45, 7) is 1.63. The molecule has 1 aromatic rings. The molecule has 70 valence electrons. The van der Waals surface area contributed by atoms with Gasteiger partial charge in [-0.1, -0.05) is 29.8 Å². The van der Waals surface area contributed by atoms with Gasteiger partial charge >= 0.3 is 0 Å². The smallest absolute Gasteiger partial charge is 0.124 e.